The molecule has 1 N–H and O–H groups in total. The Kier molecular flexibility index (Phi) is 3.04. The lowest BCUT2D eigenvalue weighted by molar-refractivity contribution is 0.0769. The van der Waals surface area contributed by atoms with Gasteiger partial charge in [0.1, 0.15) is 0 Å². The summed E-state index contributed by atoms with van der Waals surface area (Å²) in [4.78, 5) is 2.48. The summed E-state index contributed by atoms with van der Waals surface area (Å²) in [5.41, 5.74) is 1.40. The third-order valence-corrected chi connectivity index (χ3v) is 3.68. The lowest BCUT2D eigenvalue weighted by Crippen LogP contribution is -2.61. The van der Waals surface area contributed by atoms with Crippen molar-refractivity contribution in [3.05, 3.63) is 12.3 Å². The van der Waals surface area contributed by atoms with Gasteiger partial charge in [-0.25, -0.2) is 0 Å². The van der Waals surface area contributed by atoms with Gasteiger partial charge in [0, 0.05) is 50.1 Å². The maximum Gasteiger partial charge on any atom is 0.0505 e. The summed E-state index contributed by atoms with van der Waals surface area (Å²) in [7, 11) is 0. The Balaban J connectivity index is 2.18. The van der Waals surface area contributed by atoms with Crippen molar-refractivity contribution in [2.75, 3.05) is 32.7 Å². The van der Waals surface area contributed by atoms with Gasteiger partial charge >= 0.3 is 0 Å². The predicted molar refractivity (Wildman–Crippen MR) is 67.4 cm³/mol. The van der Waals surface area contributed by atoms with Crippen LogP contribution in [0.2, 0.25) is 0 Å². The first-order valence-corrected chi connectivity index (χ1v) is 5.93. The second-order valence-electron chi connectivity index (χ2n) is 5.37. The molecule has 4 heteroatoms. The second kappa shape index (κ2) is 4.18. The zero-order valence-electron chi connectivity index (χ0n) is 10.4. The highest BCUT2D eigenvalue weighted by Crippen LogP contribution is 2.31. The summed E-state index contributed by atoms with van der Waals surface area (Å²) >= 11 is 0. The molecule has 1 spiro atoms. The topological polar surface area (TPSA) is 30.9 Å². The molecule has 2 fully saturated rings. The van der Waals surface area contributed by atoms with Crippen molar-refractivity contribution in [1.29, 1.82) is 0 Å². The average molecular weight is 222 g/mol. The van der Waals surface area contributed by atoms with Gasteiger partial charge < -0.3 is 5.32 Å². The van der Waals surface area contributed by atoms with Crippen molar-refractivity contribution < 1.29 is 0 Å². The molecule has 2 heterocycles. The Labute approximate surface area is 98.0 Å². The van der Waals surface area contributed by atoms with Crippen LogP contribution < -0.4 is 5.32 Å². The van der Waals surface area contributed by atoms with E-state index in [-0.39, 0.29) is 0 Å². The van der Waals surface area contributed by atoms with Gasteiger partial charge in [-0.2, -0.15) is 5.10 Å². The van der Waals surface area contributed by atoms with Crippen LogP contribution in [0.4, 0.5) is 0 Å². The molecule has 90 valence electrons. The minimum Gasteiger partial charge on any atom is -0.315 e. The van der Waals surface area contributed by atoms with Crippen LogP contribution in [0.3, 0.4) is 0 Å². The molecule has 0 aromatic heterocycles. The van der Waals surface area contributed by atoms with E-state index in [2.05, 4.69) is 42.5 Å². The number of hydrogen-bond acceptors (Lipinski definition) is 4. The molecule has 2 saturated heterocycles. The van der Waals surface area contributed by atoms with Crippen molar-refractivity contribution in [3.63, 3.8) is 0 Å². The molecule has 2 aliphatic heterocycles. The first-order valence-electron chi connectivity index (χ1n) is 5.93. The lowest BCUT2D eigenvalue weighted by Gasteiger charge is -2.45. The Morgan fingerprint density at radius 2 is 2.06 bits per heavy atom. The predicted octanol–water partition coefficient (Wildman–Crippen LogP) is 0.731. The lowest BCUT2D eigenvalue weighted by atomic mass is 9.81. The van der Waals surface area contributed by atoms with E-state index < -0.39 is 0 Å². The van der Waals surface area contributed by atoms with Crippen molar-refractivity contribution in [3.8, 4) is 0 Å². The van der Waals surface area contributed by atoms with E-state index in [1.807, 2.05) is 5.01 Å². The molecule has 0 radical (unpaired) electrons. The Bertz CT molecular complexity index is 293. The number of nitrogens with zero attached hydrogens (tertiary/aromatic N) is 3. The molecule has 2 aliphatic rings. The molecule has 0 aromatic rings. The molecule has 0 bridgehead atoms. The maximum absolute atomic E-state index is 4.11. The van der Waals surface area contributed by atoms with Crippen LogP contribution in [0, 0.1) is 5.41 Å². The maximum atomic E-state index is 4.11. The Hall–Kier alpha value is -0.870. The monoisotopic (exact) mass is 222 g/mol. The number of rotatable bonds is 2. The van der Waals surface area contributed by atoms with E-state index in [4.69, 9.17) is 0 Å². The van der Waals surface area contributed by atoms with E-state index >= 15 is 0 Å². The fourth-order valence-corrected chi connectivity index (χ4v) is 2.50. The molecule has 0 unspecified atom stereocenters. The normalized spacial score (nSPS) is 25.7. The summed E-state index contributed by atoms with van der Waals surface area (Å²) < 4.78 is 0. The van der Waals surface area contributed by atoms with Gasteiger partial charge in [0.2, 0.25) is 0 Å². The molecule has 0 saturated carbocycles. The third-order valence-electron chi connectivity index (χ3n) is 3.68. The van der Waals surface area contributed by atoms with E-state index in [1.54, 1.807) is 0 Å². The fourth-order valence-electron chi connectivity index (χ4n) is 2.50. The summed E-state index contributed by atoms with van der Waals surface area (Å²) in [6, 6.07) is 0.555. The molecular weight excluding hydrogens is 200 g/mol. The van der Waals surface area contributed by atoms with E-state index in [1.165, 1.54) is 0 Å². The smallest absolute Gasteiger partial charge is 0.0505 e. The van der Waals surface area contributed by atoms with E-state index in [0.717, 1.165) is 38.4 Å². The van der Waals surface area contributed by atoms with Crippen LogP contribution in [-0.4, -0.2) is 55.4 Å². The molecule has 0 amide bonds. The summed E-state index contributed by atoms with van der Waals surface area (Å²) in [5.74, 6) is 0. The molecule has 16 heavy (non-hydrogen) atoms. The SMILES string of the molecule is C=NN1CC2(CNC2)CN(C(C)C)CC1=C. The fraction of sp³-hybridized carbons (Fsp3) is 0.750. The molecular formula is C12H22N4. The summed E-state index contributed by atoms with van der Waals surface area (Å²) in [6.45, 7) is 17.4. The van der Waals surface area contributed by atoms with Crippen molar-refractivity contribution in [2.24, 2.45) is 10.5 Å². The zero-order valence-corrected chi connectivity index (χ0v) is 10.4. The van der Waals surface area contributed by atoms with Gasteiger partial charge in [0.15, 0.2) is 0 Å². The second-order valence-corrected chi connectivity index (χ2v) is 5.37. The molecule has 0 aliphatic carbocycles. The van der Waals surface area contributed by atoms with Crippen LogP contribution in [0.25, 0.3) is 0 Å². The average Bonchev–Trinajstić information content (AvgIpc) is 2.34. The number of hydrazone groups is 1. The van der Waals surface area contributed by atoms with E-state index in [9.17, 15) is 0 Å². The van der Waals surface area contributed by atoms with Crippen LogP contribution >= 0.6 is 0 Å². The van der Waals surface area contributed by atoms with Crippen molar-refractivity contribution in [2.45, 2.75) is 19.9 Å². The van der Waals surface area contributed by atoms with Crippen molar-refractivity contribution >= 4 is 6.72 Å². The van der Waals surface area contributed by atoms with Crippen LogP contribution in [0.5, 0.6) is 0 Å². The van der Waals surface area contributed by atoms with Gasteiger partial charge in [-0.1, -0.05) is 6.58 Å². The highest BCUT2D eigenvalue weighted by molar-refractivity contribution is 5.24. The summed E-state index contributed by atoms with van der Waals surface area (Å²) in [5, 5.41) is 9.44. The minimum absolute atomic E-state index is 0.338. The molecule has 0 aromatic carbocycles. The van der Waals surface area contributed by atoms with Crippen LogP contribution in [0.15, 0.2) is 17.4 Å². The van der Waals surface area contributed by atoms with Gasteiger partial charge in [0.05, 0.1) is 6.54 Å². The van der Waals surface area contributed by atoms with Crippen LogP contribution in [0.1, 0.15) is 13.8 Å². The number of nitrogens with one attached hydrogen (secondary N) is 1. The first kappa shape index (κ1) is 11.6. The van der Waals surface area contributed by atoms with Crippen molar-refractivity contribution in [1.82, 2.24) is 15.2 Å². The first-order chi connectivity index (χ1) is 7.56. The summed E-state index contributed by atoms with van der Waals surface area (Å²) in [6.07, 6.45) is 0. The highest BCUT2D eigenvalue weighted by Gasteiger charge is 2.43. The van der Waals surface area contributed by atoms with Gasteiger partial charge in [-0.15, -0.1) is 0 Å². The highest BCUT2D eigenvalue weighted by atomic mass is 15.5. The standard InChI is InChI=1S/C12H22N4/c1-10(2)15-5-11(3)16(13-4)9-12(8-15)6-14-7-12/h10,14H,3-9H2,1-2H3. The Morgan fingerprint density at radius 1 is 1.38 bits per heavy atom. The van der Waals surface area contributed by atoms with Gasteiger partial charge in [0.25, 0.3) is 0 Å². The third kappa shape index (κ3) is 1.99. The Morgan fingerprint density at radius 3 is 2.50 bits per heavy atom. The molecule has 2 rings (SSSR count). The quantitative estimate of drug-likeness (QED) is 0.699. The van der Waals surface area contributed by atoms with Gasteiger partial charge in [-0.3, -0.25) is 9.91 Å². The molecule has 0 atom stereocenters. The molecule has 4 nitrogen and oxygen atoms in total. The van der Waals surface area contributed by atoms with Gasteiger partial charge in [-0.05, 0) is 13.8 Å². The number of hydrogen-bond donors (Lipinski definition) is 1. The van der Waals surface area contributed by atoms with E-state index in [0.29, 0.717) is 11.5 Å². The minimum atomic E-state index is 0.338. The zero-order chi connectivity index (χ0) is 11.8. The van der Waals surface area contributed by atoms with Crippen LogP contribution in [-0.2, 0) is 0 Å². The largest absolute Gasteiger partial charge is 0.315 e.